The lowest BCUT2D eigenvalue weighted by molar-refractivity contribution is 0.0525. The number of aromatic nitrogens is 1. The van der Waals surface area contributed by atoms with Crippen molar-refractivity contribution in [3.63, 3.8) is 0 Å². The summed E-state index contributed by atoms with van der Waals surface area (Å²) in [5, 5.41) is 0. The Labute approximate surface area is 148 Å². The molecule has 1 aromatic heterocycles. The monoisotopic (exact) mass is 340 g/mol. The van der Waals surface area contributed by atoms with Crippen LogP contribution in [0.15, 0.2) is 24.3 Å². The molecule has 2 aromatic rings. The van der Waals surface area contributed by atoms with Crippen molar-refractivity contribution in [2.75, 3.05) is 18.1 Å². The minimum absolute atomic E-state index is 0.00662. The molecule has 3 rings (SSSR count). The molecule has 5 heteroatoms. The van der Waals surface area contributed by atoms with Crippen molar-refractivity contribution in [2.24, 2.45) is 0 Å². The maximum absolute atomic E-state index is 13.1. The van der Waals surface area contributed by atoms with E-state index in [2.05, 4.69) is 22.0 Å². The summed E-state index contributed by atoms with van der Waals surface area (Å²) in [5.41, 5.74) is 4.70. The molecule has 0 saturated carbocycles. The third-order valence-electron chi connectivity index (χ3n) is 4.93. The van der Waals surface area contributed by atoms with Crippen LogP contribution < -0.4 is 4.90 Å². The Kier molecular flexibility index (Phi) is 4.66. The highest BCUT2D eigenvalue weighted by Crippen LogP contribution is 2.31. The normalized spacial score (nSPS) is 14.3. The smallest absolute Gasteiger partial charge is 0.340 e. The van der Waals surface area contributed by atoms with Crippen LogP contribution in [0.25, 0.3) is 0 Å². The standard InChI is InChI=1S/C20H24N2O3/c1-5-25-20(24)17-12(2)18(21-13(17)3)19(23)14(4)22-11-10-15-8-6-7-9-16(15)22/h6-9,14,21H,5,10-11H2,1-4H3/t14-/m1/s1. The van der Waals surface area contributed by atoms with Gasteiger partial charge in [-0.25, -0.2) is 4.79 Å². The number of hydrogen-bond donors (Lipinski definition) is 1. The Morgan fingerprint density at radius 3 is 2.72 bits per heavy atom. The van der Waals surface area contributed by atoms with Crippen molar-refractivity contribution in [2.45, 2.75) is 40.2 Å². The molecule has 0 radical (unpaired) electrons. The number of nitrogens with zero attached hydrogens (tertiary/aromatic N) is 1. The largest absolute Gasteiger partial charge is 0.462 e. The summed E-state index contributed by atoms with van der Waals surface area (Å²) in [6.07, 6.45) is 0.949. The first-order chi connectivity index (χ1) is 12.0. The average Bonchev–Trinajstić information content (AvgIpc) is 3.14. The highest BCUT2D eigenvalue weighted by molar-refractivity contribution is 6.05. The number of ether oxygens (including phenoxy) is 1. The van der Waals surface area contributed by atoms with E-state index in [1.807, 2.05) is 19.1 Å². The van der Waals surface area contributed by atoms with Crippen molar-refractivity contribution >= 4 is 17.4 Å². The summed E-state index contributed by atoms with van der Waals surface area (Å²) in [5.74, 6) is -0.389. The van der Waals surface area contributed by atoms with Crippen LogP contribution in [0.2, 0.25) is 0 Å². The third kappa shape index (κ3) is 2.95. The van der Waals surface area contributed by atoms with E-state index in [0.29, 0.717) is 29.1 Å². The number of carbonyl (C=O) groups is 2. The molecule has 1 aliphatic rings. The van der Waals surface area contributed by atoms with Gasteiger partial charge in [-0.15, -0.1) is 0 Å². The summed E-state index contributed by atoms with van der Waals surface area (Å²) in [6, 6.07) is 7.89. The number of anilines is 1. The average molecular weight is 340 g/mol. The van der Waals surface area contributed by atoms with Crippen molar-refractivity contribution < 1.29 is 14.3 Å². The van der Waals surface area contributed by atoms with Crippen LogP contribution in [0.4, 0.5) is 5.69 Å². The Bertz CT molecular complexity index is 822. The molecule has 0 spiro atoms. The van der Waals surface area contributed by atoms with E-state index >= 15 is 0 Å². The van der Waals surface area contributed by atoms with Crippen molar-refractivity contribution in [3.8, 4) is 0 Å². The van der Waals surface area contributed by atoms with E-state index in [0.717, 1.165) is 18.7 Å². The number of carbonyl (C=O) groups excluding carboxylic acids is 2. The van der Waals surface area contributed by atoms with Crippen LogP contribution in [0.1, 0.15) is 51.5 Å². The van der Waals surface area contributed by atoms with Gasteiger partial charge >= 0.3 is 5.97 Å². The molecule has 0 amide bonds. The Morgan fingerprint density at radius 1 is 1.28 bits per heavy atom. The van der Waals surface area contributed by atoms with Gasteiger partial charge in [-0.05, 0) is 51.3 Å². The van der Waals surface area contributed by atoms with E-state index in [9.17, 15) is 9.59 Å². The number of para-hydroxylation sites is 1. The summed E-state index contributed by atoms with van der Waals surface area (Å²) >= 11 is 0. The minimum atomic E-state index is -0.382. The lowest BCUT2D eigenvalue weighted by atomic mass is 10.0. The summed E-state index contributed by atoms with van der Waals surface area (Å²) in [6.45, 7) is 8.43. The Morgan fingerprint density at radius 2 is 2.00 bits per heavy atom. The number of hydrogen-bond acceptors (Lipinski definition) is 4. The number of esters is 1. The maximum Gasteiger partial charge on any atom is 0.340 e. The van der Waals surface area contributed by atoms with E-state index in [4.69, 9.17) is 4.74 Å². The summed E-state index contributed by atoms with van der Waals surface area (Å²) < 4.78 is 5.11. The Balaban J connectivity index is 1.89. The second kappa shape index (κ2) is 6.75. The Hall–Kier alpha value is -2.56. The maximum atomic E-state index is 13.1. The first-order valence-corrected chi connectivity index (χ1v) is 8.70. The number of nitrogens with one attached hydrogen (secondary N) is 1. The highest BCUT2D eigenvalue weighted by Gasteiger charge is 2.31. The zero-order valence-electron chi connectivity index (χ0n) is 15.2. The molecule has 25 heavy (non-hydrogen) atoms. The minimum Gasteiger partial charge on any atom is -0.462 e. The van der Waals surface area contributed by atoms with E-state index in [1.54, 1.807) is 20.8 Å². The fourth-order valence-corrected chi connectivity index (χ4v) is 3.62. The molecule has 132 valence electrons. The fourth-order valence-electron chi connectivity index (χ4n) is 3.62. The van der Waals surface area contributed by atoms with Gasteiger partial charge in [-0.1, -0.05) is 18.2 Å². The fraction of sp³-hybridized carbons (Fsp3) is 0.400. The van der Waals surface area contributed by atoms with Crippen molar-refractivity contribution in [1.29, 1.82) is 0 Å². The quantitative estimate of drug-likeness (QED) is 0.669. The SMILES string of the molecule is CCOC(=O)c1c(C)[nH]c(C(=O)[C@@H](C)N2CCc3ccccc32)c1C. The lowest BCUT2D eigenvalue weighted by Gasteiger charge is -2.26. The number of benzene rings is 1. The number of fused-ring (bicyclic) bond motifs is 1. The van der Waals surface area contributed by atoms with Crippen LogP contribution in [0.5, 0.6) is 0 Å². The molecule has 2 heterocycles. The van der Waals surface area contributed by atoms with Crippen molar-refractivity contribution in [3.05, 3.63) is 52.3 Å². The van der Waals surface area contributed by atoms with E-state index < -0.39 is 0 Å². The number of Topliss-reactive ketones (excluding diaryl/α,β-unsaturated/α-hetero) is 1. The number of ketones is 1. The van der Waals surface area contributed by atoms with Gasteiger partial charge in [0, 0.05) is 17.9 Å². The number of aryl methyl sites for hydroxylation is 1. The first kappa shape index (κ1) is 17.3. The molecule has 1 atom stereocenters. The molecule has 1 aliphatic heterocycles. The van der Waals surface area contributed by atoms with Gasteiger partial charge in [0.05, 0.1) is 23.9 Å². The van der Waals surface area contributed by atoms with Gasteiger partial charge in [-0.2, -0.15) is 0 Å². The number of rotatable bonds is 5. The second-order valence-corrected chi connectivity index (χ2v) is 6.46. The number of aromatic amines is 1. The predicted molar refractivity (Wildman–Crippen MR) is 97.5 cm³/mol. The molecule has 0 bridgehead atoms. The van der Waals surface area contributed by atoms with Gasteiger partial charge in [0.1, 0.15) is 0 Å². The van der Waals surface area contributed by atoms with Crippen LogP contribution in [-0.4, -0.2) is 35.9 Å². The zero-order valence-corrected chi connectivity index (χ0v) is 15.2. The molecule has 0 saturated heterocycles. The molecule has 1 N–H and O–H groups in total. The van der Waals surface area contributed by atoms with Gasteiger partial charge in [0.25, 0.3) is 0 Å². The van der Waals surface area contributed by atoms with Gasteiger partial charge in [0.2, 0.25) is 5.78 Å². The highest BCUT2D eigenvalue weighted by atomic mass is 16.5. The topological polar surface area (TPSA) is 62.4 Å². The van der Waals surface area contributed by atoms with Crippen molar-refractivity contribution in [1.82, 2.24) is 4.98 Å². The third-order valence-corrected chi connectivity index (χ3v) is 4.93. The molecule has 0 unspecified atom stereocenters. The first-order valence-electron chi connectivity index (χ1n) is 8.70. The van der Waals surface area contributed by atoms with Gasteiger partial charge in [-0.3, -0.25) is 4.79 Å². The lowest BCUT2D eigenvalue weighted by Crippen LogP contribution is -2.38. The van der Waals surface area contributed by atoms with Crippen LogP contribution in [-0.2, 0) is 11.2 Å². The van der Waals surface area contributed by atoms with Crippen LogP contribution in [0, 0.1) is 13.8 Å². The molecule has 0 fully saturated rings. The van der Waals surface area contributed by atoms with Crippen LogP contribution >= 0.6 is 0 Å². The zero-order chi connectivity index (χ0) is 18.1. The van der Waals surface area contributed by atoms with Gasteiger partial charge < -0.3 is 14.6 Å². The summed E-state index contributed by atoms with van der Waals surface area (Å²) in [7, 11) is 0. The second-order valence-electron chi connectivity index (χ2n) is 6.46. The summed E-state index contributed by atoms with van der Waals surface area (Å²) in [4.78, 5) is 30.5. The predicted octanol–water partition coefficient (Wildman–Crippen LogP) is 3.44. The molecule has 0 aliphatic carbocycles. The number of H-pyrrole nitrogens is 1. The molecule has 5 nitrogen and oxygen atoms in total. The molecular weight excluding hydrogens is 316 g/mol. The van der Waals surface area contributed by atoms with Crippen LogP contribution in [0.3, 0.4) is 0 Å². The molecular formula is C20H24N2O3. The van der Waals surface area contributed by atoms with E-state index in [-0.39, 0.29) is 17.8 Å². The van der Waals surface area contributed by atoms with Gasteiger partial charge in [0.15, 0.2) is 0 Å². The molecule has 1 aromatic carbocycles. The van der Waals surface area contributed by atoms with E-state index in [1.165, 1.54) is 5.56 Å².